The molecule has 1 atom stereocenters. The molecule has 7 heteroatoms. The lowest BCUT2D eigenvalue weighted by molar-refractivity contribution is -0.144. The van der Waals surface area contributed by atoms with E-state index in [1.807, 2.05) is 6.92 Å². The lowest BCUT2D eigenvalue weighted by Gasteiger charge is -2.25. The van der Waals surface area contributed by atoms with Crippen LogP contribution in [0.25, 0.3) is 0 Å². The Morgan fingerprint density at radius 2 is 2.11 bits per heavy atom. The highest BCUT2D eigenvalue weighted by Gasteiger charge is 2.34. The van der Waals surface area contributed by atoms with Gasteiger partial charge in [-0.2, -0.15) is 0 Å². The van der Waals surface area contributed by atoms with Crippen LogP contribution in [0.15, 0.2) is 6.07 Å². The number of rotatable bonds is 5. The Labute approximate surface area is 119 Å². The van der Waals surface area contributed by atoms with Crippen LogP contribution in [0.2, 0.25) is 8.67 Å². The van der Waals surface area contributed by atoms with Crippen molar-refractivity contribution in [2.75, 3.05) is 0 Å². The molecule has 0 fully saturated rings. The predicted molar refractivity (Wildman–Crippen MR) is 72.8 cm³/mol. The number of aliphatic carboxylic acids is 1. The average Bonchev–Trinajstić information content (AvgIpc) is 2.57. The summed E-state index contributed by atoms with van der Waals surface area (Å²) in [6.07, 6.45) is 0.977. The predicted octanol–water partition coefficient (Wildman–Crippen LogP) is 3.43. The van der Waals surface area contributed by atoms with Gasteiger partial charge >= 0.3 is 5.97 Å². The number of thiophene rings is 1. The summed E-state index contributed by atoms with van der Waals surface area (Å²) in [6.45, 7) is 3.32. The molecule has 1 aromatic rings. The van der Waals surface area contributed by atoms with Crippen molar-refractivity contribution < 1.29 is 14.7 Å². The second-order valence-corrected chi connectivity index (χ2v) is 6.36. The Kier molecular flexibility index (Phi) is 5.01. The molecule has 1 aromatic heterocycles. The summed E-state index contributed by atoms with van der Waals surface area (Å²) in [5.74, 6) is -1.60. The van der Waals surface area contributed by atoms with Crippen LogP contribution < -0.4 is 5.32 Å². The van der Waals surface area contributed by atoms with Crippen molar-refractivity contribution in [1.82, 2.24) is 5.32 Å². The second-order valence-electron chi connectivity index (χ2n) is 4.08. The molecule has 0 aromatic carbocycles. The number of nitrogens with one attached hydrogen (secondary N) is 1. The van der Waals surface area contributed by atoms with Crippen LogP contribution in [0.5, 0.6) is 0 Å². The molecule has 1 amide bonds. The molecule has 1 rings (SSSR count). The van der Waals surface area contributed by atoms with E-state index in [-0.39, 0.29) is 9.90 Å². The quantitative estimate of drug-likeness (QED) is 0.875. The summed E-state index contributed by atoms with van der Waals surface area (Å²) >= 11 is 12.7. The highest BCUT2D eigenvalue weighted by atomic mass is 35.5. The van der Waals surface area contributed by atoms with Crippen LogP contribution in [0.4, 0.5) is 0 Å². The minimum Gasteiger partial charge on any atom is -0.480 e. The zero-order chi connectivity index (χ0) is 13.9. The first-order valence-corrected chi connectivity index (χ1v) is 6.88. The minimum absolute atomic E-state index is 0.204. The Morgan fingerprint density at radius 1 is 1.50 bits per heavy atom. The van der Waals surface area contributed by atoms with Crippen LogP contribution in [0, 0.1) is 0 Å². The topological polar surface area (TPSA) is 66.4 Å². The molecule has 0 bridgehead atoms. The van der Waals surface area contributed by atoms with Crippen molar-refractivity contribution in [3.8, 4) is 0 Å². The van der Waals surface area contributed by atoms with Gasteiger partial charge in [0, 0.05) is 0 Å². The van der Waals surface area contributed by atoms with Gasteiger partial charge in [0.05, 0.1) is 9.90 Å². The van der Waals surface area contributed by atoms with E-state index in [4.69, 9.17) is 28.3 Å². The smallest absolute Gasteiger partial charge is 0.329 e. The Balaban J connectivity index is 2.92. The number of halogens is 2. The van der Waals surface area contributed by atoms with Crippen LogP contribution in [0.3, 0.4) is 0 Å². The van der Waals surface area contributed by atoms with Gasteiger partial charge in [-0.05, 0) is 19.4 Å². The van der Waals surface area contributed by atoms with Gasteiger partial charge in [0.1, 0.15) is 9.88 Å². The normalized spacial score (nSPS) is 14.0. The van der Waals surface area contributed by atoms with E-state index in [1.165, 1.54) is 13.0 Å². The van der Waals surface area contributed by atoms with Crippen LogP contribution in [-0.2, 0) is 4.79 Å². The standard InChI is InChI=1S/C11H13Cl2NO3S/c1-3-4-11(2,10(16)17)14-9(15)6-5-7(12)18-8(6)13/h5H,3-4H2,1-2H3,(H,14,15)(H,16,17). The maximum atomic E-state index is 12.0. The van der Waals surface area contributed by atoms with Gasteiger partial charge in [0.25, 0.3) is 5.91 Å². The van der Waals surface area contributed by atoms with Gasteiger partial charge in [0.15, 0.2) is 0 Å². The summed E-state index contributed by atoms with van der Waals surface area (Å²) in [5.41, 5.74) is -1.10. The lowest BCUT2D eigenvalue weighted by atomic mass is 9.96. The van der Waals surface area contributed by atoms with Gasteiger partial charge in [-0.25, -0.2) is 4.79 Å². The number of amides is 1. The number of carbonyl (C=O) groups excluding carboxylic acids is 1. The third-order valence-corrected chi connectivity index (χ3v) is 4.00. The number of carboxylic acid groups (broad SMARTS) is 1. The van der Waals surface area contributed by atoms with Crippen LogP contribution >= 0.6 is 34.5 Å². The van der Waals surface area contributed by atoms with E-state index in [9.17, 15) is 9.59 Å². The van der Waals surface area contributed by atoms with E-state index in [1.54, 1.807) is 0 Å². The Hall–Kier alpha value is -0.780. The van der Waals surface area contributed by atoms with Crippen molar-refractivity contribution in [3.05, 3.63) is 20.3 Å². The summed E-state index contributed by atoms with van der Waals surface area (Å²) in [5, 5.41) is 11.7. The summed E-state index contributed by atoms with van der Waals surface area (Å²) in [7, 11) is 0. The van der Waals surface area contributed by atoms with Crippen LogP contribution in [0.1, 0.15) is 37.0 Å². The largest absolute Gasteiger partial charge is 0.480 e. The lowest BCUT2D eigenvalue weighted by Crippen LogP contribution is -2.52. The number of hydrogen-bond acceptors (Lipinski definition) is 3. The number of carbonyl (C=O) groups is 2. The molecule has 2 N–H and O–H groups in total. The third-order valence-electron chi connectivity index (χ3n) is 2.51. The molecular formula is C11H13Cl2NO3S. The molecule has 0 aliphatic rings. The zero-order valence-electron chi connectivity index (χ0n) is 9.92. The second kappa shape index (κ2) is 5.91. The molecule has 1 heterocycles. The molecule has 0 aliphatic carbocycles. The van der Waals surface area contributed by atoms with Crippen molar-refractivity contribution in [2.24, 2.45) is 0 Å². The highest BCUT2D eigenvalue weighted by molar-refractivity contribution is 7.20. The molecule has 100 valence electrons. The Morgan fingerprint density at radius 3 is 2.50 bits per heavy atom. The van der Waals surface area contributed by atoms with Crippen molar-refractivity contribution in [3.63, 3.8) is 0 Å². The van der Waals surface area contributed by atoms with Gasteiger partial charge < -0.3 is 10.4 Å². The fourth-order valence-electron chi connectivity index (χ4n) is 1.54. The van der Waals surface area contributed by atoms with Gasteiger partial charge in [0.2, 0.25) is 0 Å². The van der Waals surface area contributed by atoms with Gasteiger partial charge in [-0.15, -0.1) is 11.3 Å². The maximum Gasteiger partial charge on any atom is 0.329 e. The zero-order valence-corrected chi connectivity index (χ0v) is 12.2. The molecule has 0 radical (unpaired) electrons. The Bertz CT molecular complexity index is 475. The molecule has 0 saturated heterocycles. The summed E-state index contributed by atoms with van der Waals surface area (Å²) in [4.78, 5) is 23.2. The molecule has 18 heavy (non-hydrogen) atoms. The van der Waals surface area contributed by atoms with E-state index < -0.39 is 17.4 Å². The molecule has 0 aliphatic heterocycles. The third kappa shape index (κ3) is 3.37. The first kappa shape index (κ1) is 15.3. The fraction of sp³-hybridized carbons (Fsp3) is 0.455. The highest BCUT2D eigenvalue weighted by Crippen LogP contribution is 2.31. The van der Waals surface area contributed by atoms with Crippen LogP contribution in [-0.4, -0.2) is 22.5 Å². The molecule has 4 nitrogen and oxygen atoms in total. The van der Waals surface area contributed by atoms with E-state index in [2.05, 4.69) is 5.32 Å². The van der Waals surface area contributed by atoms with E-state index in [0.717, 1.165) is 11.3 Å². The SMILES string of the molecule is CCCC(C)(NC(=O)c1cc(Cl)sc1Cl)C(=O)O. The molecule has 0 spiro atoms. The van der Waals surface area contributed by atoms with Crippen molar-refractivity contribution >= 4 is 46.4 Å². The van der Waals surface area contributed by atoms with Crippen molar-refractivity contribution in [1.29, 1.82) is 0 Å². The minimum atomic E-state index is -1.30. The molecule has 1 unspecified atom stereocenters. The van der Waals surface area contributed by atoms with Gasteiger partial charge in [-0.3, -0.25) is 4.79 Å². The summed E-state index contributed by atoms with van der Waals surface area (Å²) in [6, 6.07) is 1.43. The van der Waals surface area contributed by atoms with E-state index >= 15 is 0 Å². The maximum absolute atomic E-state index is 12.0. The first-order chi connectivity index (χ1) is 8.30. The van der Waals surface area contributed by atoms with E-state index in [0.29, 0.717) is 17.2 Å². The molecular weight excluding hydrogens is 297 g/mol. The first-order valence-electron chi connectivity index (χ1n) is 5.31. The average molecular weight is 310 g/mol. The molecule has 0 saturated carbocycles. The summed E-state index contributed by atoms with van der Waals surface area (Å²) < 4.78 is 0.638. The van der Waals surface area contributed by atoms with Gasteiger partial charge in [-0.1, -0.05) is 36.5 Å². The monoisotopic (exact) mass is 309 g/mol. The van der Waals surface area contributed by atoms with Crippen molar-refractivity contribution in [2.45, 2.75) is 32.2 Å². The number of carboxylic acids is 1. The number of hydrogen-bond donors (Lipinski definition) is 2. The fourth-order valence-corrected chi connectivity index (χ4v) is 2.99.